The van der Waals surface area contributed by atoms with E-state index in [-0.39, 0.29) is 5.91 Å². The average Bonchev–Trinajstić information content (AvgIpc) is 2.66. The van der Waals surface area contributed by atoms with Gasteiger partial charge in [0, 0.05) is 22.4 Å². The summed E-state index contributed by atoms with van der Waals surface area (Å²) in [6.07, 6.45) is 3.47. The lowest BCUT2D eigenvalue weighted by Crippen LogP contribution is -2.31. The molecule has 1 amide bonds. The van der Waals surface area contributed by atoms with Gasteiger partial charge in [0.05, 0.1) is 12.2 Å². The zero-order valence-corrected chi connectivity index (χ0v) is 11.7. The topological polar surface area (TPSA) is 59.2 Å². The Kier molecular flexibility index (Phi) is 3.08. The number of carbonyl (C=O) groups is 1. The van der Waals surface area contributed by atoms with Crippen LogP contribution in [0.25, 0.3) is 0 Å². The third-order valence-electron chi connectivity index (χ3n) is 3.23. The molecule has 0 saturated carbocycles. The summed E-state index contributed by atoms with van der Waals surface area (Å²) in [6, 6.07) is 8.94. The molecule has 2 aromatic rings. The van der Waals surface area contributed by atoms with E-state index < -0.39 is 6.04 Å². The molecule has 5 heteroatoms. The first-order chi connectivity index (χ1) is 9.18. The van der Waals surface area contributed by atoms with Crippen LogP contribution in [0.4, 0.5) is 5.69 Å². The van der Waals surface area contributed by atoms with Gasteiger partial charge in [-0.15, -0.1) is 0 Å². The zero-order chi connectivity index (χ0) is 13.4. The third kappa shape index (κ3) is 2.05. The molecule has 0 radical (unpaired) electrons. The monoisotopic (exact) mass is 317 g/mol. The highest BCUT2D eigenvalue weighted by molar-refractivity contribution is 9.10. The van der Waals surface area contributed by atoms with Gasteiger partial charge in [-0.1, -0.05) is 28.1 Å². The van der Waals surface area contributed by atoms with Crippen LogP contribution in [0.1, 0.15) is 17.2 Å². The molecule has 0 fully saturated rings. The average molecular weight is 318 g/mol. The second kappa shape index (κ2) is 4.75. The Balaban J connectivity index is 2.00. The summed E-state index contributed by atoms with van der Waals surface area (Å²) in [5.74, 6) is -0.0780. The Bertz CT molecular complexity index is 630. The van der Waals surface area contributed by atoms with Crippen molar-refractivity contribution < 1.29 is 4.79 Å². The Labute approximate surface area is 119 Å². The number of nitrogens with two attached hydrogens (primary N) is 1. The summed E-state index contributed by atoms with van der Waals surface area (Å²) < 4.78 is 0.875. The SMILES string of the molecule is NC1C(=O)N(Cc2cccnc2)c2cccc(Br)c21. The second-order valence-electron chi connectivity index (χ2n) is 4.44. The third-order valence-corrected chi connectivity index (χ3v) is 3.92. The van der Waals surface area contributed by atoms with Crippen molar-refractivity contribution in [1.29, 1.82) is 0 Å². The van der Waals surface area contributed by atoms with Gasteiger partial charge in [0.1, 0.15) is 6.04 Å². The molecule has 0 spiro atoms. The van der Waals surface area contributed by atoms with Crippen molar-refractivity contribution in [3.63, 3.8) is 0 Å². The molecule has 1 unspecified atom stereocenters. The van der Waals surface area contributed by atoms with E-state index in [1.807, 2.05) is 30.3 Å². The van der Waals surface area contributed by atoms with Crippen molar-refractivity contribution in [3.05, 3.63) is 58.3 Å². The first-order valence-electron chi connectivity index (χ1n) is 5.93. The smallest absolute Gasteiger partial charge is 0.248 e. The Morgan fingerprint density at radius 2 is 2.16 bits per heavy atom. The van der Waals surface area contributed by atoms with Crippen LogP contribution in [-0.4, -0.2) is 10.9 Å². The van der Waals surface area contributed by atoms with Crippen molar-refractivity contribution in [2.75, 3.05) is 4.90 Å². The Morgan fingerprint density at radius 1 is 1.32 bits per heavy atom. The van der Waals surface area contributed by atoms with Gasteiger partial charge in [-0.25, -0.2) is 0 Å². The fourth-order valence-corrected chi connectivity index (χ4v) is 2.92. The molecule has 4 nitrogen and oxygen atoms in total. The van der Waals surface area contributed by atoms with Gasteiger partial charge in [0.2, 0.25) is 5.91 Å². The van der Waals surface area contributed by atoms with Crippen molar-refractivity contribution in [1.82, 2.24) is 4.98 Å². The first kappa shape index (κ1) is 12.3. The van der Waals surface area contributed by atoms with Gasteiger partial charge in [-0.3, -0.25) is 9.78 Å². The van der Waals surface area contributed by atoms with E-state index in [4.69, 9.17) is 5.73 Å². The van der Waals surface area contributed by atoms with E-state index in [1.165, 1.54) is 0 Å². The number of halogens is 1. The number of pyridine rings is 1. The number of aromatic nitrogens is 1. The fourth-order valence-electron chi connectivity index (χ4n) is 2.32. The molecule has 0 aliphatic carbocycles. The summed E-state index contributed by atoms with van der Waals surface area (Å²) in [7, 11) is 0. The second-order valence-corrected chi connectivity index (χ2v) is 5.29. The maximum Gasteiger partial charge on any atom is 0.248 e. The van der Waals surface area contributed by atoms with Crippen LogP contribution in [0.2, 0.25) is 0 Å². The predicted octanol–water partition coefficient (Wildman–Crippen LogP) is 2.39. The molecule has 2 heterocycles. The molecule has 1 aromatic heterocycles. The van der Waals surface area contributed by atoms with Crippen molar-refractivity contribution in [2.24, 2.45) is 5.73 Å². The van der Waals surface area contributed by atoms with Crippen LogP contribution in [0.3, 0.4) is 0 Å². The normalized spacial score (nSPS) is 17.7. The molecule has 1 aliphatic rings. The van der Waals surface area contributed by atoms with Crippen molar-refractivity contribution >= 4 is 27.5 Å². The summed E-state index contributed by atoms with van der Waals surface area (Å²) >= 11 is 3.46. The largest absolute Gasteiger partial charge is 0.316 e. The Hall–Kier alpha value is -1.72. The van der Waals surface area contributed by atoms with Gasteiger partial charge in [0.25, 0.3) is 0 Å². The van der Waals surface area contributed by atoms with Crippen LogP contribution in [-0.2, 0) is 11.3 Å². The van der Waals surface area contributed by atoms with Crippen LogP contribution in [0.5, 0.6) is 0 Å². The Morgan fingerprint density at radius 3 is 2.89 bits per heavy atom. The molecule has 0 bridgehead atoms. The number of rotatable bonds is 2. The van der Waals surface area contributed by atoms with Crippen molar-refractivity contribution in [2.45, 2.75) is 12.6 Å². The number of anilines is 1. The number of hydrogen-bond acceptors (Lipinski definition) is 3. The molecule has 3 rings (SSSR count). The zero-order valence-electron chi connectivity index (χ0n) is 10.1. The van der Waals surface area contributed by atoms with Gasteiger partial charge in [-0.05, 0) is 23.8 Å². The molecular formula is C14H12BrN3O. The minimum atomic E-state index is -0.595. The number of nitrogens with zero attached hydrogens (tertiary/aromatic N) is 2. The summed E-state index contributed by atoms with van der Waals surface area (Å²) in [5.41, 5.74) is 8.71. The fraction of sp³-hybridized carbons (Fsp3) is 0.143. The summed E-state index contributed by atoms with van der Waals surface area (Å²) in [4.78, 5) is 18.1. The van der Waals surface area contributed by atoms with Crippen LogP contribution in [0, 0.1) is 0 Å². The lowest BCUT2D eigenvalue weighted by molar-refractivity contribution is -0.119. The predicted molar refractivity (Wildman–Crippen MR) is 76.5 cm³/mol. The molecule has 96 valence electrons. The van der Waals surface area contributed by atoms with E-state index in [1.54, 1.807) is 17.3 Å². The maximum atomic E-state index is 12.3. The molecular weight excluding hydrogens is 306 g/mol. The first-order valence-corrected chi connectivity index (χ1v) is 6.72. The standard InChI is InChI=1S/C14H12BrN3O/c15-10-4-1-5-11-12(10)13(16)14(19)18(11)8-9-3-2-6-17-7-9/h1-7,13H,8,16H2. The van der Waals surface area contributed by atoms with Gasteiger partial charge in [0.15, 0.2) is 0 Å². The molecule has 19 heavy (non-hydrogen) atoms. The molecule has 1 atom stereocenters. The van der Waals surface area contributed by atoms with Crippen LogP contribution < -0.4 is 10.6 Å². The summed E-state index contributed by atoms with van der Waals surface area (Å²) in [6.45, 7) is 0.490. The quantitative estimate of drug-likeness (QED) is 0.925. The van der Waals surface area contributed by atoms with Crippen molar-refractivity contribution in [3.8, 4) is 0 Å². The van der Waals surface area contributed by atoms with Crippen LogP contribution in [0.15, 0.2) is 47.2 Å². The molecule has 2 N–H and O–H groups in total. The summed E-state index contributed by atoms with van der Waals surface area (Å²) in [5, 5.41) is 0. The van der Waals surface area contributed by atoms with E-state index in [0.717, 1.165) is 21.3 Å². The highest BCUT2D eigenvalue weighted by Crippen LogP contribution is 2.39. The molecule has 0 saturated heterocycles. The minimum Gasteiger partial charge on any atom is -0.316 e. The number of amides is 1. The van der Waals surface area contributed by atoms with E-state index >= 15 is 0 Å². The lowest BCUT2D eigenvalue weighted by atomic mass is 10.1. The van der Waals surface area contributed by atoms with E-state index in [9.17, 15) is 4.79 Å². The number of fused-ring (bicyclic) bond motifs is 1. The highest BCUT2D eigenvalue weighted by Gasteiger charge is 2.36. The number of carbonyl (C=O) groups excluding carboxylic acids is 1. The molecule has 1 aliphatic heterocycles. The van der Waals surface area contributed by atoms with E-state index in [2.05, 4.69) is 20.9 Å². The number of hydrogen-bond donors (Lipinski definition) is 1. The van der Waals surface area contributed by atoms with Gasteiger partial charge < -0.3 is 10.6 Å². The number of benzene rings is 1. The minimum absolute atomic E-state index is 0.0780. The van der Waals surface area contributed by atoms with Gasteiger partial charge in [-0.2, -0.15) is 0 Å². The lowest BCUT2D eigenvalue weighted by Gasteiger charge is -2.17. The van der Waals surface area contributed by atoms with Gasteiger partial charge >= 0.3 is 0 Å². The maximum absolute atomic E-state index is 12.3. The highest BCUT2D eigenvalue weighted by atomic mass is 79.9. The molecule has 1 aromatic carbocycles. The van der Waals surface area contributed by atoms with E-state index in [0.29, 0.717) is 6.54 Å². The van der Waals surface area contributed by atoms with Crippen LogP contribution >= 0.6 is 15.9 Å².